The van der Waals surface area contributed by atoms with Crippen LogP contribution in [0.25, 0.3) is 0 Å². The van der Waals surface area contributed by atoms with Gasteiger partial charge in [0.05, 0.1) is 58.5 Å². The lowest BCUT2D eigenvalue weighted by Gasteiger charge is -2.63. The number of halogens is 2. The molecule has 1 saturated heterocycles. The molecule has 4 N–H and O–H groups in total. The molecule has 398 valence electrons. The van der Waals surface area contributed by atoms with E-state index in [0.717, 1.165) is 32.1 Å². The van der Waals surface area contributed by atoms with Crippen LogP contribution in [0.2, 0.25) is 0 Å². The number of carbonyl (C=O) groups is 4. The van der Waals surface area contributed by atoms with Crippen molar-refractivity contribution in [1.82, 2.24) is 16.0 Å². The maximum atomic E-state index is 17.8. The molecule has 7 aliphatic rings. The third-order valence-electron chi connectivity index (χ3n) is 16.1. The fourth-order valence-corrected chi connectivity index (χ4v) is 15.1. The molecule has 4 saturated carbocycles. The van der Waals surface area contributed by atoms with Crippen LogP contribution in [0, 0.1) is 52.3 Å². The van der Waals surface area contributed by atoms with Gasteiger partial charge in [-0.2, -0.15) is 0 Å². The van der Waals surface area contributed by atoms with Gasteiger partial charge < -0.3 is 54.2 Å². The number of hydrogen-bond acceptors (Lipinski definition) is 14. The van der Waals surface area contributed by atoms with Crippen molar-refractivity contribution in [3.05, 3.63) is 23.8 Å². The predicted octanol–water partition coefficient (Wildman–Crippen LogP) is 7.19. The Morgan fingerprint density at radius 2 is 1.55 bits per heavy atom. The predicted molar refractivity (Wildman–Crippen MR) is 266 cm³/mol. The van der Waals surface area contributed by atoms with E-state index < -0.39 is 87.9 Å². The lowest BCUT2D eigenvalue weighted by Crippen LogP contribution is -2.70. The summed E-state index contributed by atoms with van der Waals surface area (Å²) in [5.41, 5.74) is -5.89. The number of hydrogen-bond donors (Lipinski definition) is 4. The molecular weight excluding hydrogens is 961 g/mol. The average Bonchev–Trinajstić information content (AvgIpc) is 3.70. The SMILES string of the molecule is CCCC1O[C@@H]2C[C@H]3[C@@H]4C[C@H](F)C5=CCC=C[C@]5(C)[C@@]4(F)[C@@H](O)C[C@]3(C)[C@]2(C(=O)COC(=O)NCCSSC(C)(C)CC(=O)NCCOCCOCCOCCNC(=O)OC[C@@H]2[C@@H]3CCC#CCC[C@@H]32)O1. The Kier molecular flexibility index (Phi) is 19.3. The number of nitrogens with one attached hydrogen (secondary N) is 3. The van der Waals surface area contributed by atoms with E-state index in [9.17, 15) is 24.3 Å². The summed E-state index contributed by atoms with van der Waals surface area (Å²) in [6.45, 7) is 12.4. The van der Waals surface area contributed by atoms with E-state index in [1.807, 2.05) is 33.8 Å². The first-order valence-electron chi connectivity index (χ1n) is 25.8. The zero-order valence-corrected chi connectivity index (χ0v) is 43.8. The van der Waals surface area contributed by atoms with Gasteiger partial charge in [-0.05, 0) is 95.0 Å². The molecule has 1 unspecified atom stereocenters. The molecule has 0 radical (unpaired) electrons. The van der Waals surface area contributed by atoms with Crippen molar-refractivity contribution >= 4 is 45.5 Å². The minimum absolute atomic E-state index is 0.105. The van der Waals surface area contributed by atoms with Crippen LogP contribution in [-0.2, 0) is 42.7 Å². The lowest BCUT2D eigenvalue weighted by molar-refractivity contribution is -0.234. The molecule has 5 fully saturated rings. The van der Waals surface area contributed by atoms with Crippen molar-refractivity contribution < 1.29 is 66.2 Å². The average molecular weight is 1040 g/mol. The van der Waals surface area contributed by atoms with Crippen molar-refractivity contribution in [2.45, 2.75) is 146 Å². The van der Waals surface area contributed by atoms with Crippen molar-refractivity contribution in [3.63, 3.8) is 0 Å². The van der Waals surface area contributed by atoms with E-state index in [1.165, 1.54) is 21.6 Å². The zero-order valence-electron chi connectivity index (χ0n) is 42.2. The second kappa shape index (κ2) is 24.6. The second-order valence-electron chi connectivity index (χ2n) is 21.2. The first-order chi connectivity index (χ1) is 34.0. The number of aliphatic hydroxyl groups is 1. The number of allylic oxidation sites excluding steroid dienone is 4. The molecule has 15 nitrogen and oxygen atoms in total. The molecule has 0 spiro atoms. The quantitative estimate of drug-likeness (QED) is 0.0295. The maximum absolute atomic E-state index is 17.8. The molecule has 0 aromatic rings. The smallest absolute Gasteiger partial charge is 0.407 e. The first kappa shape index (κ1) is 55.8. The fraction of sp³-hybridized carbons (Fsp3) is 0.808. The third-order valence-corrected chi connectivity index (χ3v) is 19.4. The molecule has 19 heteroatoms. The molecule has 0 aromatic carbocycles. The molecule has 3 amide bonds. The van der Waals surface area contributed by atoms with Gasteiger partial charge in [0.2, 0.25) is 11.7 Å². The Balaban J connectivity index is 0.720. The largest absolute Gasteiger partial charge is 0.449 e. The fourth-order valence-electron chi connectivity index (χ4n) is 12.7. The van der Waals surface area contributed by atoms with E-state index in [0.29, 0.717) is 101 Å². The molecule has 0 aromatic heterocycles. The Morgan fingerprint density at radius 3 is 2.24 bits per heavy atom. The number of alkyl carbamates (subject to hydrolysis) is 2. The van der Waals surface area contributed by atoms with E-state index >= 15 is 8.78 Å². The highest BCUT2D eigenvalue weighted by Gasteiger charge is 2.80. The molecular formula is C52H77F2N3O12S2. The highest BCUT2D eigenvalue weighted by molar-refractivity contribution is 8.77. The van der Waals surface area contributed by atoms with E-state index in [-0.39, 0.29) is 38.1 Å². The van der Waals surface area contributed by atoms with Crippen molar-refractivity contribution in [2.75, 3.05) is 78.2 Å². The summed E-state index contributed by atoms with van der Waals surface area (Å²) in [6, 6.07) is 0. The highest BCUT2D eigenvalue weighted by Crippen LogP contribution is 2.72. The van der Waals surface area contributed by atoms with Crippen LogP contribution in [0.5, 0.6) is 0 Å². The summed E-state index contributed by atoms with van der Waals surface area (Å²) in [5.74, 6) is 6.53. The van der Waals surface area contributed by atoms with Gasteiger partial charge in [0, 0.05) is 66.1 Å². The van der Waals surface area contributed by atoms with Gasteiger partial charge in [0.15, 0.2) is 24.2 Å². The van der Waals surface area contributed by atoms with Crippen LogP contribution in [0.15, 0.2) is 23.8 Å². The van der Waals surface area contributed by atoms with Crippen molar-refractivity contribution in [2.24, 2.45) is 40.4 Å². The van der Waals surface area contributed by atoms with Crippen LogP contribution in [-0.4, -0.2) is 148 Å². The lowest BCUT2D eigenvalue weighted by atomic mass is 9.44. The Morgan fingerprint density at radius 1 is 0.901 bits per heavy atom. The third kappa shape index (κ3) is 12.4. The number of ether oxygens (including phenoxy) is 7. The number of aliphatic hydroxyl groups excluding tert-OH is 1. The molecule has 13 atom stereocenters. The summed E-state index contributed by atoms with van der Waals surface area (Å²) in [5, 5.41) is 20.1. The summed E-state index contributed by atoms with van der Waals surface area (Å²) in [4.78, 5) is 52.0. The van der Waals surface area contributed by atoms with Gasteiger partial charge in [0.25, 0.3) is 0 Å². The van der Waals surface area contributed by atoms with Gasteiger partial charge >= 0.3 is 12.2 Å². The number of rotatable bonds is 26. The standard InChI is InChI=1S/C52H77F2N3O12S2/c1-6-13-45-68-43-29-38-39-28-40(53)37-16-11-12-17-49(37,4)51(39,54)41(58)30-50(38,5)52(43,69-45)42(59)33-67-47(62)57-20-27-70-71-48(2,3)31-44(60)55-18-21-63-23-25-65-26-24-64-22-19-56-46(61)66-32-36-34-14-9-7-8-10-15-35(34)36/h12,16-17,34-36,38-41,43,45,58H,6,9-11,13-15,18-33H2,1-5H3,(H,55,60)(H,56,61)(H,57,62)/t34-,35+,36-,38-,39-,40-,41-,43+,45?,49-,50-,51-,52+/m0/s1. The summed E-state index contributed by atoms with van der Waals surface area (Å²) >= 11 is 0. The van der Waals surface area contributed by atoms with Crippen molar-refractivity contribution in [3.8, 4) is 11.8 Å². The molecule has 7 rings (SSSR count). The number of amides is 3. The van der Waals surface area contributed by atoms with E-state index in [1.54, 1.807) is 19.1 Å². The Hall–Kier alpha value is -2.96. The van der Waals surface area contributed by atoms with Gasteiger partial charge in [-0.3, -0.25) is 9.59 Å². The van der Waals surface area contributed by atoms with Crippen LogP contribution >= 0.6 is 21.6 Å². The molecule has 6 aliphatic carbocycles. The number of carbonyl (C=O) groups excluding carboxylic acids is 4. The molecule has 1 heterocycles. The van der Waals surface area contributed by atoms with Gasteiger partial charge in [0.1, 0.15) is 6.17 Å². The Bertz CT molecular complexity index is 1990. The summed E-state index contributed by atoms with van der Waals surface area (Å²) in [6.07, 6.45) is 5.76. The van der Waals surface area contributed by atoms with Crippen LogP contribution < -0.4 is 16.0 Å². The van der Waals surface area contributed by atoms with E-state index in [4.69, 9.17) is 33.2 Å². The number of fused-ring (bicyclic) bond motifs is 8. The topological polar surface area (TPSA) is 189 Å². The minimum atomic E-state index is -2.17. The van der Waals surface area contributed by atoms with Crippen molar-refractivity contribution in [1.29, 1.82) is 0 Å². The first-order valence-corrected chi connectivity index (χ1v) is 28.2. The maximum Gasteiger partial charge on any atom is 0.407 e. The molecule has 0 bridgehead atoms. The highest BCUT2D eigenvalue weighted by atomic mass is 33.1. The number of alkyl halides is 2. The molecule has 71 heavy (non-hydrogen) atoms. The molecule has 1 aliphatic heterocycles. The van der Waals surface area contributed by atoms with Gasteiger partial charge in [-0.1, -0.05) is 60.1 Å². The van der Waals surface area contributed by atoms with E-state index in [2.05, 4.69) is 27.8 Å². The Labute approximate surface area is 426 Å². The van der Waals surface area contributed by atoms with Gasteiger partial charge in [-0.25, -0.2) is 18.4 Å². The second-order valence-corrected chi connectivity index (χ2v) is 24.3. The summed E-state index contributed by atoms with van der Waals surface area (Å²) in [7, 11) is 3.01. The minimum Gasteiger partial charge on any atom is -0.449 e. The van der Waals surface area contributed by atoms with Crippen LogP contribution in [0.4, 0.5) is 18.4 Å². The van der Waals surface area contributed by atoms with Crippen LogP contribution in [0.1, 0.15) is 105 Å². The van der Waals surface area contributed by atoms with Crippen LogP contribution in [0.3, 0.4) is 0 Å². The number of Topliss-reactive ketones (excluding diaryl/α,β-unsaturated/α-hetero) is 1. The monoisotopic (exact) mass is 1040 g/mol. The van der Waals surface area contributed by atoms with Gasteiger partial charge in [-0.15, -0.1) is 11.8 Å². The zero-order chi connectivity index (χ0) is 50.9. The summed E-state index contributed by atoms with van der Waals surface area (Å²) < 4.78 is 73.8. The normalized spacial score (nSPS) is 35.4. The number of ketones is 1.